The van der Waals surface area contributed by atoms with Gasteiger partial charge in [-0.3, -0.25) is 14.2 Å². The highest BCUT2D eigenvalue weighted by atomic mass is 16.5. The third-order valence-electron chi connectivity index (χ3n) is 2.95. The molecule has 1 aromatic carbocycles. The predicted octanol–water partition coefficient (Wildman–Crippen LogP) is 2.54. The molecule has 1 N–H and O–H groups in total. The van der Waals surface area contributed by atoms with Crippen molar-refractivity contribution in [1.82, 2.24) is 4.57 Å². The molecule has 0 atom stereocenters. The summed E-state index contributed by atoms with van der Waals surface area (Å²) in [6, 6.07) is 7.32. The van der Waals surface area contributed by atoms with Gasteiger partial charge in [-0.15, -0.1) is 0 Å². The predicted molar refractivity (Wildman–Crippen MR) is 70.6 cm³/mol. The van der Waals surface area contributed by atoms with E-state index in [0.717, 1.165) is 16.7 Å². The second-order valence-electron chi connectivity index (χ2n) is 4.25. The summed E-state index contributed by atoms with van der Waals surface area (Å²) >= 11 is 0. The van der Waals surface area contributed by atoms with E-state index < -0.39 is 5.97 Å². The number of hydrogen-bond donors (Lipinski definition) is 1. The molecule has 0 aliphatic carbocycles. The number of ether oxygens (including phenoxy) is 1. The zero-order valence-corrected chi connectivity index (χ0v) is 10.6. The van der Waals surface area contributed by atoms with E-state index >= 15 is 0 Å². The fourth-order valence-corrected chi connectivity index (χ4v) is 1.98. The first kappa shape index (κ1) is 13.1. The fraction of sp³-hybridized carbons (Fsp3) is 0.286. The van der Waals surface area contributed by atoms with Gasteiger partial charge in [0.2, 0.25) is 5.91 Å². The summed E-state index contributed by atoms with van der Waals surface area (Å²) in [4.78, 5) is 22.4. The first-order valence-electron chi connectivity index (χ1n) is 6.02. The fourth-order valence-electron chi connectivity index (χ4n) is 1.98. The molecule has 5 nitrogen and oxygen atoms in total. The molecule has 0 aliphatic rings. The molecule has 0 radical (unpaired) electrons. The molecule has 0 fully saturated rings. The van der Waals surface area contributed by atoms with Gasteiger partial charge in [0, 0.05) is 24.4 Å². The van der Waals surface area contributed by atoms with Crippen LogP contribution in [0.1, 0.15) is 24.1 Å². The number of rotatable bonds is 5. The molecule has 0 saturated heterocycles. The van der Waals surface area contributed by atoms with Gasteiger partial charge in [-0.1, -0.05) is 0 Å². The first-order valence-corrected chi connectivity index (χ1v) is 6.02. The maximum absolute atomic E-state index is 12.0. The van der Waals surface area contributed by atoms with E-state index in [1.54, 1.807) is 23.9 Å². The van der Waals surface area contributed by atoms with Gasteiger partial charge in [-0.25, -0.2) is 0 Å². The van der Waals surface area contributed by atoms with Crippen molar-refractivity contribution in [3.63, 3.8) is 0 Å². The number of fused-ring (bicyclic) bond motifs is 1. The minimum Gasteiger partial charge on any atom is -0.497 e. The lowest BCUT2D eigenvalue weighted by molar-refractivity contribution is -0.137. The Morgan fingerprint density at radius 3 is 2.74 bits per heavy atom. The van der Waals surface area contributed by atoms with Gasteiger partial charge < -0.3 is 9.84 Å². The molecule has 19 heavy (non-hydrogen) atoms. The van der Waals surface area contributed by atoms with Crippen molar-refractivity contribution in [1.29, 1.82) is 0 Å². The van der Waals surface area contributed by atoms with Crippen LogP contribution in [0.2, 0.25) is 0 Å². The Morgan fingerprint density at radius 1 is 1.26 bits per heavy atom. The maximum Gasteiger partial charge on any atom is 0.303 e. The minimum atomic E-state index is -0.880. The Balaban J connectivity index is 2.16. The SMILES string of the molecule is COc1ccc2c(ccn2C(=O)CCCC(=O)O)c1. The average molecular weight is 261 g/mol. The molecule has 100 valence electrons. The summed E-state index contributed by atoms with van der Waals surface area (Å²) in [5.74, 6) is -0.236. The minimum absolute atomic E-state index is 0.0127. The maximum atomic E-state index is 12.0. The van der Waals surface area contributed by atoms with Crippen molar-refractivity contribution in [2.75, 3.05) is 7.11 Å². The molecule has 2 rings (SSSR count). The largest absolute Gasteiger partial charge is 0.497 e. The molecule has 0 amide bonds. The van der Waals surface area contributed by atoms with E-state index in [4.69, 9.17) is 9.84 Å². The molecule has 0 saturated carbocycles. The van der Waals surface area contributed by atoms with Crippen LogP contribution in [0.3, 0.4) is 0 Å². The molecule has 0 unspecified atom stereocenters. The molecule has 1 aromatic heterocycles. The van der Waals surface area contributed by atoms with Crippen LogP contribution >= 0.6 is 0 Å². The number of aliphatic carboxylic acids is 1. The Morgan fingerprint density at radius 2 is 2.05 bits per heavy atom. The summed E-state index contributed by atoms with van der Waals surface area (Å²) in [5, 5.41) is 9.48. The van der Waals surface area contributed by atoms with E-state index in [9.17, 15) is 9.59 Å². The molecule has 0 spiro atoms. The van der Waals surface area contributed by atoms with Crippen molar-refractivity contribution in [2.45, 2.75) is 19.3 Å². The van der Waals surface area contributed by atoms with Gasteiger partial charge in [0.15, 0.2) is 0 Å². The number of aromatic nitrogens is 1. The molecule has 0 aliphatic heterocycles. The highest BCUT2D eigenvalue weighted by molar-refractivity contribution is 5.93. The van der Waals surface area contributed by atoms with E-state index in [2.05, 4.69) is 0 Å². The van der Waals surface area contributed by atoms with Crippen molar-refractivity contribution >= 4 is 22.8 Å². The normalized spacial score (nSPS) is 10.6. The van der Waals surface area contributed by atoms with Gasteiger partial charge in [-0.2, -0.15) is 0 Å². The van der Waals surface area contributed by atoms with Crippen molar-refractivity contribution in [3.05, 3.63) is 30.5 Å². The topological polar surface area (TPSA) is 68.5 Å². The highest BCUT2D eigenvalue weighted by Gasteiger charge is 2.10. The van der Waals surface area contributed by atoms with Gasteiger partial charge in [-0.05, 0) is 30.7 Å². The Labute approximate surface area is 110 Å². The number of carbonyl (C=O) groups is 2. The molecule has 0 bridgehead atoms. The standard InChI is InChI=1S/C14H15NO4/c1-19-11-5-6-12-10(9-11)7-8-15(12)13(16)3-2-4-14(17)18/h5-9H,2-4H2,1H3,(H,17,18). The van der Waals surface area contributed by atoms with Crippen LogP contribution < -0.4 is 4.74 Å². The van der Waals surface area contributed by atoms with Gasteiger partial charge in [0.25, 0.3) is 0 Å². The van der Waals surface area contributed by atoms with E-state index in [1.807, 2.05) is 18.2 Å². The summed E-state index contributed by atoms with van der Waals surface area (Å²) in [5.41, 5.74) is 0.807. The average Bonchev–Trinajstić information content (AvgIpc) is 2.80. The molecule has 5 heteroatoms. The van der Waals surface area contributed by atoms with Crippen molar-refractivity contribution in [2.24, 2.45) is 0 Å². The Kier molecular flexibility index (Phi) is 3.85. The zero-order valence-electron chi connectivity index (χ0n) is 10.6. The third kappa shape index (κ3) is 2.93. The second-order valence-corrected chi connectivity index (χ2v) is 4.25. The van der Waals surface area contributed by atoms with Gasteiger partial charge in [0.1, 0.15) is 5.75 Å². The van der Waals surface area contributed by atoms with Crippen LogP contribution in [0, 0.1) is 0 Å². The monoisotopic (exact) mass is 261 g/mol. The third-order valence-corrected chi connectivity index (χ3v) is 2.95. The number of benzene rings is 1. The molecule has 1 heterocycles. The van der Waals surface area contributed by atoms with Crippen LogP contribution in [0.4, 0.5) is 0 Å². The summed E-state index contributed by atoms with van der Waals surface area (Å²) in [6.07, 6.45) is 2.29. The molecule has 2 aromatic rings. The zero-order chi connectivity index (χ0) is 13.8. The number of carboxylic acids is 1. The second kappa shape index (κ2) is 5.56. The lowest BCUT2D eigenvalue weighted by atomic mass is 10.2. The van der Waals surface area contributed by atoms with Crippen molar-refractivity contribution < 1.29 is 19.4 Å². The van der Waals surface area contributed by atoms with E-state index in [-0.39, 0.29) is 18.7 Å². The summed E-state index contributed by atoms with van der Waals surface area (Å²) in [7, 11) is 1.59. The van der Waals surface area contributed by atoms with Crippen LogP contribution in [0.15, 0.2) is 30.5 Å². The van der Waals surface area contributed by atoms with Gasteiger partial charge >= 0.3 is 5.97 Å². The lowest BCUT2D eigenvalue weighted by Crippen LogP contribution is -2.09. The highest BCUT2D eigenvalue weighted by Crippen LogP contribution is 2.22. The first-order chi connectivity index (χ1) is 9.11. The van der Waals surface area contributed by atoms with Crippen LogP contribution in [-0.2, 0) is 4.79 Å². The number of carbonyl (C=O) groups excluding carboxylic acids is 1. The Hall–Kier alpha value is -2.30. The Bertz CT molecular complexity index is 615. The van der Waals surface area contributed by atoms with Crippen LogP contribution in [0.25, 0.3) is 10.9 Å². The number of methoxy groups -OCH3 is 1. The van der Waals surface area contributed by atoms with Gasteiger partial charge in [0.05, 0.1) is 12.6 Å². The smallest absolute Gasteiger partial charge is 0.303 e. The van der Waals surface area contributed by atoms with E-state index in [0.29, 0.717) is 6.42 Å². The van der Waals surface area contributed by atoms with Crippen molar-refractivity contribution in [3.8, 4) is 5.75 Å². The number of carboxylic acid groups (broad SMARTS) is 1. The molecular formula is C14H15NO4. The van der Waals surface area contributed by atoms with Crippen LogP contribution in [0.5, 0.6) is 5.75 Å². The number of nitrogens with zero attached hydrogens (tertiary/aromatic N) is 1. The lowest BCUT2D eigenvalue weighted by Gasteiger charge is -2.04. The quantitative estimate of drug-likeness (QED) is 0.898. The number of hydrogen-bond acceptors (Lipinski definition) is 3. The molecular weight excluding hydrogens is 246 g/mol. The summed E-state index contributed by atoms with van der Waals surface area (Å²) in [6.45, 7) is 0. The van der Waals surface area contributed by atoms with Crippen LogP contribution in [-0.4, -0.2) is 28.7 Å². The van der Waals surface area contributed by atoms with E-state index in [1.165, 1.54) is 0 Å². The summed E-state index contributed by atoms with van der Waals surface area (Å²) < 4.78 is 6.68.